The second kappa shape index (κ2) is 4.95. The Morgan fingerprint density at radius 3 is 2.64 bits per heavy atom. The van der Waals surface area contributed by atoms with Crippen LogP contribution in [0.3, 0.4) is 0 Å². The first-order chi connectivity index (χ1) is 10.7. The maximum atomic E-state index is 6.02. The molecule has 22 heavy (non-hydrogen) atoms. The number of hydrogen-bond donors (Lipinski definition) is 2. The number of halogens is 1. The summed E-state index contributed by atoms with van der Waals surface area (Å²) in [5.74, 6) is 2.26. The van der Waals surface area contributed by atoms with Gasteiger partial charge < -0.3 is 20.5 Å². The molecule has 0 saturated heterocycles. The van der Waals surface area contributed by atoms with E-state index < -0.39 is 0 Å². The molecule has 0 spiro atoms. The molecule has 0 bridgehead atoms. The summed E-state index contributed by atoms with van der Waals surface area (Å²) in [4.78, 5) is 0. The quantitative estimate of drug-likeness (QED) is 0.866. The molecule has 0 amide bonds. The molecule has 0 aromatic heterocycles. The van der Waals surface area contributed by atoms with Crippen molar-refractivity contribution in [1.29, 1.82) is 0 Å². The zero-order chi connectivity index (χ0) is 15.2. The predicted octanol–water partition coefficient (Wildman–Crippen LogP) is 2.87. The Labute approximate surface area is 137 Å². The molecule has 0 radical (unpaired) electrons. The molecule has 2 aromatic carbocycles. The molecular weight excluding hydrogens is 344 g/mol. The summed E-state index contributed by atoms with van der Waals surface area (Å²) in [7, 11) is 0. The van der Waals surface area contributed by atoms with E-state index in [9.17, 15) is 0 Å². The van der Waals surface area contributed by atoms with Gasteiger partial charge >= 0.3 is 0 Å². The molecule has 4 rings (SSSR count). The van der Waals surface area contributed by atoms with Crippen molar-refractivity contribution < 1.29 is 9.47 Å². The lowest BCUT2D eigenvalue weighted by molar-refractivity contribution is 0.174. The maximum Gasteiger partial charge on any atom is 0.231 e. The Balaban J connectivity index is 1.89. The number of fused-ring (bicyclic) bond motifs is 1. The van der Waals surface area contributed by atoms with Crippen LogP contribution in [0, 0.1) is 0 Å². The molecule has 4 nitrogen and oxygen atoms in total. The van der Waals surface area contributed by atoms with Gasteiger partial charge in [-0.3, -0.25) is 0 Å². The van der Waals surface area contributed by atoms with E-state index in [2.05, 4.69) is 45.5 Å². The fraction of sp³-hybridized carbons (Fsp3) is 0.176. The van der Waals surface area contributed by atoms with E-state index in [1.807, 2.05) is 24.3 Å². The zero-order valence-corrected chi connectivity index (χ0v) is 13.4. The Hall–Kier alpha value is -2.14. The molecule has 0 fully saturated rings. The number of benzene rings is 2. The van der Waals surface area contributed by atoms with E-state index in [0.717, 1.165) is 28.1 Å². The molecule has 2 aliphatic rings. The molecule has 2 aliphatic heterocycles. The lowest BCUT2D eigenvalue weighted by Gasteiger charge is -2.28. The fourth-order valence-electron chi connectivity index (χ4n) is 3.09. The number of rotatable bonds is 2. The van der Waals surface area contributed by atoms with Crippen molar-refractivity contribution in [3.63, 3.8) is 0 Å². The van der Waals surface area contributed by atoms with Gasteiger partial charge in [0.25, 0.3) is 0 Å². The fourth-order valence-corrected chi connectivity index (χ4v) is 3.49. The van der Waals surface area contributed by atoms with E-state index in [0.29, 0.717) is 5.82 Å². The first-order valence-corrected chi connectivity index (χ1v) is 7.85. The van der Waals surface area contributed by atoms with Crippen LogP contribution in [0.2, 0.25) is 0 Å². The van der Waals surface area contributed by atoms with Crippen LogP contribution in [-0.4, -0.2) is 13.3 Å². The standard InChI is InChI=1S/C17H15BrN2O2/c18-13-3-1-2-11(6-13)17(8-16(19)20-9-17)12-4-5-14-15(7-12)22-10-21-14/h1-8,20H,9-10,19H2. The molecule has 3 N–H and O–H groups in total. The summed E-state index contributed by atoms with van der Waals surface area (Å²) in [5, 5.41) is 3.25. The molecule has 112 valence electrons. The van der Waals surface area contributed by atoms with E-state index in [1.54, 1.807) is 0 Å². The minimum atomic E-state index is -0.311. The zero-order valence-electron chi connectivity index (χ0n) is 11.8. The third-order valence-electron chi connectivity index (χ3n) is 4.20. The van der Waals surface area contributed by atoms with Crippen molar-refractivity contribution in [2.45, 2.75) is 5.41 Å². The SMILES string of the molecule is NC1=CC(c2cccc(Br)c2)(c2ccc3c(c2)OCO3)CN1. The minimum absolute atomic E-state index is 0.277. The second-order valence-electron chi connectivity index (χ2n) is 5.50. The molecular formula is C17H15BrN2O2. The van der Waals surface area contributed by atoms with Crippen LogP contribution in [-0.2, 0) is 5.41 Å². The van der Waals surface area contributed by atoms with Crippen molar-refractivity contribution in [3.05, 3.63) is 70.0 Å². The summed E-state index contributed by atoms with van der Waals surface area (Å²) in [5.41, 5.74) is 8.01. The van der Waals surface area contributed by atoms with Crippen molar-refractivity contribution in [2.75, 3.05) is 13.3 Å². The topological polar surface area (TPSA) is 56.5 Å². The molecule has 5 heteroatoms. The van der Waals surface area contributed by atoms with Gasteiger partial charge in [-0.2, -0.15) is 0 Å². The highest BCUT2D eigenvalue weighted by Gasteiger charge is 2.37. The molecule has 2 heterocycles. The van der Waals surface area contributed by atoms with Crippen molar-refractivity contribution >= 4 is 15.9 Å². The Kier molecular flexibility index (Phi) is 3.04. The van der Waals surface area contributed by atoms with Crippen LogP contribution in [0.4, 0.5) is 0 Å². The van der Waals surface area contributed by atoms with Gasteiger partial charge in [-0.15, -0.1) is 0 Å². The highest BCUT2D eigenvalue weighted by atomic mass is 79.9. The van der Waals surface area contributed by atoms with Gasteiger partial charge in [0.2, 0.25) is 6.79 Å². The van der Waals surface area contributed by atoms with Gasteiger partial charge in [0.15, 0.2) is 11.5 Å². The summed E-state index contributed by atoms with van der Waals surface area (Å²) in [6.07, 6.45) is 2.08. The summed E-state index contributed by atoms with van der Waals surface area (Å²) >= 11 is 3.55. The second-order valence-corrected chi connectivity index (χ2v) is 6.42. The van der Waals surface area contributed by atoms with Crippen LogP contribution in [0.25, 0.3) is 0 Å². The molecule has 1 unspecified atom stereocenters. The molecule has 1 atom stereocenters. The van der Waals surface area contributed by atoms with Crippen molar-refractivity contribution in [3.8, 4) is 11.5 Å². The maximum absolute atomic E-state index is 6.02. The predicted molar refractivity (Wildman–Crippen MR) is 87.8 cm³/mol. The average Bonchev–Trinajstić information content (AvgIpc) is 3.13. The third kappa shape index (κ3) is 2.04. The van der Waals surface area contributed by atoms with Gasteiger partial charge in [-0.1, -0.05) is 34.1 Å². The normalized spacial score (nSPS) is 22.3. The number of ether oxygens (including phenoxy) is 2. The van der Waals surface area contributed by atoms with Crippen LogP contribution in [0.5, 0.6) is 11.5 Å². The minimum Gasteiger partial charge on any atom is -0.454 e. The van der Waals surface area contributed by atoms with Crippen LogP contribution in [0.1, 0.15) is 11.1 Å². The summed E-state index contributed by atoms with van der Waals surface area (Å²) < 4.78 is 12.0. The van der Waals surface area contributed by atoms with Gasteiger partial charge in [0, 0.05) is 11.0 Å². The van der Waals surface area contributed by atoms with E-state index in [1.165, 1.54) is 5.56 Å². The third-order valence-corrected chi connectivity index (χ3v) is 4.69. The Morgan fingerprint density at radius 1 is 1.05 bits per heavy atom. The highest BCUT2D eigenvalue weighted by Crippen LogP contribution is 2.42. The Bertz CT molecular complexity index is 775. The lowest BCUT2D eigenvalue weighted by atomic mass is 9.75. The van der Waals surface area contributed by atoms with Gasteiger partial charge in [0.1, 0.15) is 0 Å². The van der Waals surface area contributed by atoms with E-state index in [-0.39, 0.29) is 12.2 Å². The molecule has 0 saturated carbocycles. The molecule has 0 aliphatic carbocycles. The van der Waals surface area contributed by atoms with Crippen molar-refractivity contribution in [2.24, 2.45) is 5.73 Å². The highest BCUT2D eigenvalue weighted by molar-refractivity contribution is 9.10. The Morgan fingerprint density at radius 2 is 1.86 bits per heavy atom. The largest absolute Gasteiger partial charge is 0.454 e. The monoisotopic (exact) mass is 358 g/mol. The summed E-state index contributed by atoms with van der Waals surface area (Å²) in [6.45, 7) is 0.994. The van der Waals surface area contributed by atoms with E-state index in [4.69, 9.17) is 15.2 Å². The van der Waals surface area contributed by atoms with Crippen molar-refractivity contribution in [1.82, 2.24) is 5.32 Å². The number of hydrogen-bond acceptors (Lipinski definition) is 4. The van der Waals surface area contributed by atoms with E-state index >= 15 is 0 Å². The van der Waals surface area contributed by atoms with Crippen LogP contribution in [0.15, 0.2) is 58.8 Å². The van der Waals surface area contributed by atoms with Crippen LogP contribution >= 0.6 is 15.9 Å². The first-order valence-electron chi connectivity index (χ1n) is 7.06. The number of nitrogens with two attached hydrogens (primary N) is 1. The van der Waals surface area contributed by atoms with Gasteiger partial charge in [-0.25, -0.2) is 0 Å². The van der Waals surface area contributed by atoms with Gasteiger partial charge in [0.05, 0.1) is 11.2 Å². The number of nitrogens with one attached hydrogen (secondary N) is 1. The van der Waals surface area contributed by atoms with Gasteiger partial charge in [-0.05, 0) is 41.5 Å². The van der Waals surface area contributed by atoms with Crippen LogP contribution < -0.4 is 20.5 Å². The summed E-state index contributed by atoms with van der Waals surface area (Å²) in [6, 6.07) is 14.4. The smallest absolute Gasteiger partial charge is 0.231 e. The lowest BCUT2D eigenvalue weighted by Crippen LogP contribution is -2.31. The molecule has 2 aromatic rings. The average molecular weight is 359 g/mol. The first kappa shape index (κ1) is 13.5.